The molecule has 3 aromatic rings. The number of para-hydroxylation sites is 1. The number of hydrogen-bond acceptors (Lipinski definition) is 4. The van der Waals surface area contributed by atoms with Crippen molar-refractivity contribution in [3.63, 3.8) is 0 Å². The first-order valence-electron chi connectivity index (χ1n) is 8.79. The Kier molecular flexibility index (Phi) is 4.63. The van der Waals surface area contributed by atoms with Crippen LogP contribution in [0.15, 0.2) is 72.8 Å². The van der Waals surface area contributed by atoms with Gasteiger partial charge in [-0.05, 0) is 47.5 Å². The van der Waals surface area contributed by atoms with E-state index in [4.69, 9.17) is 0 Å². The van der Waals surface area contributed by atoms with Crippen molar-refractivity contribution >= 4 is 23.2 Å². The average molecular weight is 376 g/mol. The van der Waals surface area contributed by atoms with Crippen molar-refractivity contribution < 1.29 is 19.2 Å². The van der Waals surface area contributed by atoms with Gasteiger partial charge in [0.1, 0.15) is 5.82 Å². The molecule has 0 spiro atoms. The third kappa shape index (κ3) is 3.37. The second kappa shape index (κ2) is 7.25. The molecule has 0 aromatic heterocycles. The molecule has 3 aromatic carbocycles. The highest BCUT2D eigenvalue weighted by Crippen LogP contribution is 2.31. The maximum Gasteiger partial charge on any atom is 0.284 e. The molecule has 6 heteroatoms. The zero-order valence-electron chi connectivity index (χ0n) is 14.9. The van der Waals surface area contributed by atoms with Gasteiger partial charge in [-0.25, -0.2) is 4.39 Å². The summed E-state index contributed by atoms with van der Waals surface area (Å²) in [5, 5.41) is 9.85. The maximum atomic E-state index is 13.3. The molecular weight excluding hydrogens is 359 g/mol. The molecule has 4 rings (SSSR count). The third-order valence-corrected chi connectivity index (χ3v) is 4.73. The molecule has 0 fully saturated rings. The predicted octanol–water partition coefficient (Wildman–Crippen LogP) is 4.08. The minimum atomic E-state index is -0.733. The van der Waals surface area contributed by atoms with Crippen molar-refractivity contribution in [1.82, 2.24) is 5.06 Å². The van der Waals surface area contributed by atoms with Crippen LogP contribution in [0.25, 0.3) is 0 Å². The van der Waals surface area contributed by atoms with Crippen LogP contribution in [0.2, 0.25) is 0 Å². The number of nitrogens with zero attached hydrogens (tertiary/aromatic N) is 2. The quantitative estimate of drug-likeness (QED) is 0.551. The summed E-state index contributed by atoms with van der Waals surface area (Å²) in [6.07, 6.45) is -0.0266. The fraction of sp³-hybridized carbons (Fsp3) is 0.0909. The molecule has 1 aliphatic heterocycles. The van der Waals surface area contributed by atoms with Crippen LogP contribution in [-0.2, 0) is 17.8 Å². The minimum Gasteiger partial charge on any atom is -0.337 e. The highest BCUT2D eigenvalue weighted by molar-refractivity contribution is 6.09. The Morgan fingerprint density at radius 2 is 1.64 bits per heavy atom. The minimum absolute atomic E-state index is 0.0266. The van der Waals surface area contributed by atoms with Crippen LogP contribution in [-0.4, -0.2) is 22.1 Å². The normalized spacial score (nSPS) is 13.4. The van der Waals surface area contributed by atoms with E-state index in [1.165, 1.54) is 12.1 Å². The molecule has 1 heterocycles. The van der Waals surface area contributed by atoms with Crippen LogP contribution in [0.5, 0.6) is 0 Å². The molecule has 1 N–H and O–H groups in total. The zero-order valence-corrected chi connectivity index (χ0v) is 14.9. The lowest BCUT2D eigenvalue weighted by molar-refractivity contribution is -0.153. The molecule has 0 atom stereocenters. The lowest BCUT2D eigenvalue weighted by Crippen LogP contribution is -2.39. The summed E-state index contributed by atoms with van der Waals surface area (Å²) >= 11 is 0. The number of fused-ring (bicyclic) bond motifs is 1. The first-order valence-corrected chi connectivity index (χ1v) is 8.79. The van der Waals surface area contributed by atoms with E-state index in [0.29, 0.717) is 17.7 Å². The molecule has 0 saturated heterocycles. The highest BCUT2D eigenvalue weighted by atomic mass is 19.1. The molecule has 0 aliphatic carbocycles. The molecule has 0 saturated carbocycles. The lowest BCUT2D eigenvalue weighted by Gasteiger charge is -2.28. The Balaban J connectivity index is 1.76. The van der Waals surface area contributed by atoms with E-state index in [-0.39, 0.29) is 17.3 Å². The van der Waals surface area contributed by atoms with Gasteiger partial charge < -0.3 is 4.90 Å². The number of imide groups is 1. The number of hydroxylamine groups is 2. The van der Waals surface area contributed by atoms with Crippen molar-refractivity contribution in [2.24, 2.45) is 0 Å². The molecule has 1 aliphatic rings. The van der Waals surface area contributed by atoms with Crippen molar-refractivity contribution in [1.29, 1.82) is 0 Å². The first-order chi connectivity index (χ1) is 13.5. The average Bonchev–Trinajstić information content (AvgIpc) is 2.72. The van der Waals surface area contributed by atoms with Gasteiger partial charge in [-0.2, -0.15) is 5.06 Å². The van der Waals surface area contributed by atoms with Gasteiger partial charge >= 0.3 is 0 Å². The Morgan fingerprint density at radius 1 is 0.929 bits per heavy atom. The van der Waals surface area contributed by atoms with Gasteiger partial charge in [-0.1, -0.05) is 36.4 Å². The van der Waals surface area contributed by atoms with Crippen molar-refractivity contribution in [3.8, 4) is 0 Å². The molecule has 140 valence electrons. The summed E-state index contributed by atoms with van der Waals surface area (Å²) < 4.78 is 13.3. The summed E-state index contributed by atoms with van der Waals surface area (Å²) in [7, 11) is 0. The van der Waals surface area contributed by atoms with Gasteiger partial charge in [0.2, 0.25) is 0 Å². The van der Waals surface area contributed by atoms with Crippen molar-refractivity contribution in [2.45, 2.75) is 13.0 Å². The summed E-state index contributed by atoms with van der Waals surface area (Å²) in [5.74, 6) is -1.68. The monoisotopic (exact) mass is 376 g/mol. The molecule has 0 radical (unpaired) electrons. The Morgan fingerprint density at radius 3 is 2.36 bits per heavy atom. The van der Waals surface area contributed by atoms with Gasteiger partial charge in [0.05, 0.1) is 6.42 Å². The number of halogens is 1. The predicted molar refractivity (Wildman–Crippen MR) is 102 cm³/mol. The number of carbonyl (C=O) groups excluding carboxylic acids is 2. The maximum absolute atomic E-state index is 13.3. The van der Waals surface area contributed by atoms with Crippen LogP contribution < -0.4 is 4.90 Å². The summed E-state index contributed by atoms with van der Waals surface area (Å²) in [5.41, 5.74) is 3.39. The fourth-order valence-corrected chi connectivity index (χ4v) is 3.26. The van der Waals surface area contributed by atoms with Gasteiger partial charge in [0.15, 0.2) is 0 Å². The molecule has 28 heavy (non-hydrogen) atoms. The van der Waals surface area contributed by atoms with Crippen molar-refractivity contribution in [2.75, 3.05) is 4.90 Å². The summed E-state index contributed by atoms with van der Waals surface area (Å²) in [6.45, 7) is 0.457. The van der Waals surface area contributed by atoms with Gasteiger partial charge in [-0.3, -0.25) is 14.8 Å². The Labute approximate surface area is 161 Å². The number of hydrogen-bond donors (Lipinski definition) is 1. The standard InChI is InChI=1S/C22H17FN2O3/c23-17-9-6-15(7-10-17)14-24(18-4-2-1-3-5-18)19-11-8-16-12-21(26)25(28)22(27)20(16)13-19/h1-11,13,28H,12,14H2. The number of rotatable bonds is 4. The van der Waals surface area contributed by atoms with Crippen LogP contribution in [0.3, 0.4) is 0 Å². The van der Waals surface area contributed by atoms with Crippen LogP contribution >= 0.6 is 0 Å². The summed E-state index contributed by atoms with van der Waals surface area (Å²) in [6, 6.07) is 21.1. The third-order valence-electron chi connectivity index (χ3n) is 4.73. The Hall–Kier alpha value is -3.51. The second-order valence-electron chi connectivity index (χ2n) is 6.58. The van der Waals surface area contributed by atoms with E-state index < -0.39 is 11.8 Å². The number of anilines is 2. The molecule has 0 unspecified atom stereocenters. The van der Waals surface area contributed by atoms with Crippen LogP contribution in [0.1, 0.15) is 21.5 Å². The number of benzene rings is 3. The van der Waals surface area contributed by atoms with E-state index >= 15 is 0 Å². The van der Waals surface area contributed by atoms with E-state index in [1.54, 1.807) is 24.3 Å². The topological polar surface area (TPSA) is 60.9 Å². The largest absolute Gasteiger partial charge is 0.337 e. The van der Waals surface area contributed by atoms with Crippen molar-refractivity contribution in [3.05, 3.63) is 95.3 Å². The smallest absolute Gasteiger partial charge is 0.284 e. The summed E-state index contributed by atoms with van der Waals surface area (Å²) in [4.78, 5) is 26.0. The fourth-order valence-electron chi connectivity index (χ4n) is 3.26. The molecule has 0 bridgehead atoms. The van der Waals surface area contributed by atoms with E-state index in [1.807, 2.05) is 41.3 Å². The van der Waals surface area contributed by atoms with Crippen LogP contribution in [0, 0.1) is 5.82 Å². The van der Waals surface area contributed by atoms with Crippen LogP contribution in [0.4, 0.5) is 15.8 Å². The molecule has 5 nitrogen and oxygen atoms in total. The molecular formula is C22H17FN2O3. The van der Waals surface area contributed by atoms with E-state index in [2.05, 4.69) is 0 Å². The Bertz CT molecular complexity index is 1040. The second-order valence-corrected chi connectivity index (χ2v) is 6.58. The van der Waals surface area contributed by atoms with E-state index in [0.717, 1.165) is 16.9 Å². The zero-order chi connectivity index (χ0) is 19.7. The number of carbonyl (C=O) groups is 2. The highest BCUT2D eigenvalue weighted by Gasteiger charge is 2.30. The number of amides is 2. The molecule has 2 amide bonds. The van der Waals surface area contributed by atoms with Gasteiger partial charge in [-0.15, -0.1) is 0 Å². The van der Waals surface area contributed by atoms with Gasteiger partial charge in [0, 0.05) is 23.5 Å². The first kappa shape index (κ1) is 17.9. The van der Waals surface area contributed by atoms with Gasteiger partial charge in [0.25, 0.3) is 11.8 Å². The SMILES string of the molecule is O=C1Cc2ccc(N(Cc3ccc(F)cc3)c3ccccc3)cc2C(=O)N1O. The lowest BCUT2D eigenvalue weighted by atomic mass is 9.98. The van der Waals surface area contributed by atoms with E-state index in [9.17, 15) is 19.2 Å².